The summed E-state index contributed by atoms with van der Waals surface area (Å²) < 4.78 is 39.3. The SMILES string of the molecule is CCN1/C(=C/C=C2\CCC(/C=C/c3ccc4ccccc4[n+]3CC)=C2OC)C=Cc2ccccc21.COS(=O)(=O)[O-]. The molecule has 7 nitrogen and oxygen atoms in total. The van der Waals surface area contributed by atoms with Gasteiger partial charge in [-0.25, -0.2) is 8.42 Å². The van der Waals surface area contributed by atoms with Crippen molar-refractivity contribution < 1.29 is 26.5 Å². The highest BCUT2D eigenvalue weighted by Gasteiger charge is 2.20. The van der Waals surface area contributed by atoms with E-state index in [1.54, 1.807) is 7.11 Å². The Hall–Kier alpha value is -3.98. The summed E-state index contributed by atoms with van der Waals surface area (Å²) in [5, 5.41) is 1.27. The summed E-state index contributed by atoms with van der Waals surface area (Å²) in [4.78, 5) is 2.36. The number of anilines is 1. The Kier molecular flexibility index (Phi) is 9.94. The topological polar surface area (TPSA) is 82.8 Å². The number of hydrogen-bond acceptors (Lipinski definition) is 6. The average molecular weight is 573 g/mol. The Morgan fingerprint density at radius 3 is 2.37 bits per heavy atom. The van der Waals surface area contributed by atoms with Gasteiger partial charge < -0.3 is 14.2 Å². The predicted molar refractivity (Wildman–Crippen MR) is 163 cm³/mol. The zero-order valence-corrected chi connectivity index (χ0v) is 24.7. The first-order chi connectivity index (χ1) is 19.8. The van der Waals surface area contributed by atoms with E-state index in [9.17, 15) is 13.0 Å². The fourth-order valence-corrected chi connectivity index (χ4v) is 5.21. The molecule has 0 saturated carbocycles. The highest BCUT2D eigenvalue weighted by molar-refractivity contribution is 7.80. The van der Waals surface area contributed by atoms with Gasteiger partial charge in [0.1, 0.15) is 12.3 Å². The summed E-state index contributed by atoms with van der Waals surface area (Å²) in [6.45, 7) is 6.26. The van der Waals surface area contributed by atoms with Crippen LogP contribution in [0.15, 0.2) is 108 Å². The largest absolute Gasteiger partial charge is 0.726 e. The molecule has 3 aromatic rings. The molecule has 0 atom stereocenters. The van der Waals surface area contributed by atoms with E-state index >= 15 is 0 Å². The maximum Gasteiger partial charge on any atom is 0.217 e. The van der Waals surface area contributed by atoms with E-state index in [-0.39, 0.29) is 0 Å². The summed E-state index contributed by atoms with van der Waals surface area (Å²) in [6.07, 6.45) is 15.3. The number of allylic oxidation sites excluding steroid dienone is 6. The van der Waals surface area contributed by atoms with Crippen molar-refractivity contribution in [2.75, 3.05) is 25.7 Å². The number of methoxy groups -OCH3 is 1. The summed E-state index contributed by atoms with van der Waals surface area (Å²) in [5.41, 5.74) is 8.72. The van der Waals surface area contributed by atoms with Gasteiger partial charge in [-0.2, -0.15) is 4.57 Å². The minimum atomic E-state index is -4.41. The van der Waals surface area contributed by atoms with Crippen LogP contribution in [0.4, 0.5) is 5.69 Å². The second-order valence-electron chi connectivity index (χ2n) is 9.45. The van der Waals surface area contributed by atoms with Crippen molar-refractivity contribution in [3.8, 4) is 0 Å². The second kappa shape index (κ2) is 13.6. The van der Waals surface area contributed by atoms with E-state index in [0.29, 0.717) is 0 Å². The van der Waals surface area contributed by atoms with E-state index < -0.39 is 10.4 Å². The molecular weight excluding hydrogens is 536 g/mol. The van der Waals surface area contributed by atoms with Crippen LogP contribution in [-0.2, 0) is 25.9 Å². The van der Waals surface area contributed by atoms with Gasteiger partial charge in [-0.3, -0.25) is 4.18 Å². The highest BCUT2D eigenvalue weighted by Crippen LogP contribution is 2.34. The van der Waals surface area contributed by atoms with Crippen LogP contribution in [0, 0.1) is 0 Å². The van der Waals surface area contributed by atoms with Gasteiger partial charge in [0.15, 0.2) is 0 Å². The number of pyridine rings is 1. The van der Waals surface area contributed by atoms with Crippen molar-refractivity contribution in [2.24, 2.45) is 0 Å². The van der Waals surface area contributed by atoms with Gasteiger partial charge in [0.25, 0.3) is 0 Å². The maximum absolute atomic E-state index is 9.22. The molecule has 2 heterocycles. The lowest BCUT2D eigenvalue weighted by molar-refractivity contribution is -0.669. The van der Waals surface area contributed by atoms with E-state index in [1.165, 1.54) is 44.7 Å². The normalized spacial score (nSPS) is 17.0. The number of rotatable bonds is 7. The number of nitrogens with zero attached hydrogens (tertiary/aromatic N) is 2. The third-order valence-corrected chi connectivity index (χ3v) is 7.55. The predicted octanol–water partition coefficient (Wildman–Crippen LogP) is 6.31. The van der Waals surface area contributed by atoms with Crippen molar-refractivity contribution in [1.29, 1.82) is 0 Å². The third-order valence-electron chi connectivity index (χ3n) is 7.14. The lowest BCUT2D eigenvalue weighted by atomic mass is 10.1. The average Bonchev–Trinajstić information content (AvgIpc) is 3.39. The number of aryl methyl sites for hydroxylation is 1. The molecule has 0 spiro atoms. The summed E-state index contributed by atoms with van der Waals surface area (Å²) in [6, 6.07) is 21.5. The lowest BCUT2D eigenvalue weighted by Crippen LogP contribution is -2.36. The van der Waals surface area contributed by atoms with Gasteiger partial charge in [0.2, 0.25) is 21.6 Å². The molecule has 0 unspecified atom stereocenters. The highest BCUT2D eigenvalue weighted by atomic mass is 32.3. The van der Waals surface area contributed by atoms with Crippen molar-refractivity contribution >= 4 is 39.1 Å². The van der Waals surface area contributed by atoms with Crippen LogP contribution in [0.1, 0.15) is 37.9 Å². The van der Waals surface area contributed by atoms with Crippen LogP contribution in [0.2, 0.25) is 0 Å². The van der Waals surface area contributed by atoms with Gasteiger partial charge in [0, 0.05) is 41.5 Å². The smallest absolute Gasteiger partial charge is 0.217 e. The lowest BCUT2D eigenvalue weighted by Gasteiger charge is -2.29. The van der Waals surface area contributed by atoms with Crippen LogP contribution in [0.25, 0.3) is 23.1 Å². The first-order valence-corrected chi connectivity index (χ1v) is 15.0. The first-order valence-electron chi connectivity index (χ1n) is 13.6. The van der Waals surface area contributed by atoms with E-state index in [1.807, 2.05) is 0 Å². The Balaban J connectivity index is 0.000000585. The number of ether oxygens (including phenoxy) is 1. The molecule has 0 bridgehead atoms. The Labute approximate surface area is 243 Å². The van der Waals surface area contributed by atoms with Crippen molar-refractivity contribution in [3.63, 3.8) is 0 Å². The molecule has 1 aliphatic carbocycles. The minimum absolute atomic E-state index is 0.808. The summed E-state index contributed by atoms with van der Waals surface area (Å²) in [5.74, 6) is 1.00. The molecule has 2 aliphatic rings. The van der Waals surface area contributed by atoms with Crippen molar-refractivity contribution in [1.82, 2.24) is 0 Å². The van der Waals surface area contributed by atoms with Gasteiger partial charge in [-0.1, -0.05) is 42.5 Å². The summed E-state index contributed by atoms with van der Waals surface area (Å²) >= 11 is 0. The molecule has 1 aliphatic heterocycles. The Bertz CT molecular complexity index is 1670. The first kappa shape index (κ1) is 30.0. The van der Waals surface area contributed by atoms with Crippen LogP contribution >= 0.6 is 0 Å². The standard InChI is InChI=1S/C32H33N2O.CH4O4S/c1-4-33-28(20-16-24-10-6-8-12-30(24)33)22-18-26-14-15-27(32(26)35-3)19-23-29-21-17-25-11-7-9-13-31(25)34(29)5-2;1-5-6(2,3)4/h6-13,16-23H,4-5,14-15H2,1-3H3;1H3,(H,2,3,4)/q+1;/p-1. The number of benzene rings is 2. The minimum Gasteiger partial charge on any atom is -0.726 e. The van der Waals surface area contributed by atoms with E-state index in [4.69, 9.17) is 4.74 Å². The number of para-hydroxylation sites is 2. The molecule has 214 valence electrons. The fourth-order valence-electron chi connectivity index (χ4n) is 5.21. The molecule has 1 aromatic heterocycles. The molecule has 41 heavy (non-hydrogen) atoms. The molecular formula is C33H36N2O5S. The summed E-state index contributed by atoms with van der Waals surface area (Å²) in [7, 11) is -1.82. The Morgan fingerprint density at radius 1 is 0.927 bits per heavy atom. The van der Waals surface area contributed by atoms with Gasteiger partial charge >= 0.3 is 0 Å². The fraction of sp³-hybridized carbons (Fsp3) is 0.242. The molecule has 0 radical (unpaired) electrons. The molecule has 0 saturated heterocycles. The van der Waals surface area contributed by atoms with Gasteiger partial charge in [-0.15, -0.1) is 0 Å². The number of likely N-dealkylation sites (N-methyl/N-ethyl adjacent to an activating group) is 1. The molecule has 0 amide bonds. The molecule has 0 fully saturated rings. The number of hydrogen-bond donors (Lipinski definition) is 0. The molecule has 0 N–H and O–H groups in total. The van der Waals surface area contributed by atoms with Crippen LogP contribution in [0.5, 0.6) is 0 Å². The molecule has 8 heteroatoms. The van der Waals surface area contributed by atoms with Crippen molar-refractivity contribution in [3.05, 3.63) is 119 Å². The number of aromatic nitrogens is 1. The van der Waals surface area contributed by atoms with E-state index in [2.05, 4.69) is 125 Å². The van der Waals surface area contributed by atoms with Gasteiger partial charge in [0.05, 0.1) is 14.2 Å². The monoisotopic (exact) mass is 572 g/mol. The zero-order chi connectivity index (χ0) is 29.4. The van der Waals surface area contributed by atoms with Crippen molar-refractivity contribution in [2.45, 2.75) is 33.2 Å². The van der Waals surface area contributed by atoms with Crippen LogP contribution < -0.4 is 9.47 Å². The number of fused-ring (bicyclic) bond motifs is 2. The third kappa shape index (κ3) is 7.21. The zero-order valence-electron chi connectivity index (χ0n) is 23.9. The Morgan fingerprint density at radius 2 is 1.66 bits per heavy atom. The van der Waals surface area contributed by atoms with Gasteiger partial charge in [-0.05, 0) is 79.8 Å². The quantitative estimate of drug-likeness (QED) is 0.187. The molecule has 5 rings (SSSR count). The van der Waals surface area contributed by atoms with Crippen LogP contribution in [-0.4, -0.2) is 33.7 Å². The van der Waals surface area contributed by atoms with Crippen LogP contribution in [0.3, 0.4) is 0 Å². The van der Waals surface area contributed by atoms with E-state index in [0.717, 1.165) is 38.8 Å². The maximum atomic E-state index is 9.22. The molecule has 2 aromatic carbocycles. The second-order valence-corrected chi connectivity index (χ2v) is 10.6.